The predicted molar refractivity (Wildman–Crippen MR) is 125 cm³/mol. The van der Waals surface area contributed by atoms with Gasteiger partial charge in [0.2, 0.25) is 5.91 Å². The highest BCUT2D eigenvalue weighted by Crippen LogP contribution is 2.26. The van der Waals surface area contributed by atoms with E-state index >= 15 is 0 Å². The quantitative estimate of drug-likeness (QED) is 0.593. The van der Waals surface area contributed by atoms with E-state index in [1.165, 1.54) is 16.9 Å². The van der Waals surface area contributed by atoms with E-state index in [-0.39, 0.29) is 22.7 Å². The van der Waals surface area contributed by atoms with E-state index in [0.29, 0.717) is 0 Å². The van der Waals surface area contributed by atoms with Crippen molar-refractivity contribution in [2.24, 2.45) is 5.92 Å². The van der Waals surface area contributed by atoms with Crippen molar-refractivity contribution >= 4 is 44.7 Å². The number of carbonyl (C=O) groups excluding carboxylic acids is 1. The van der Waals surface area contributed by atoms with Crippen molar-refractivity contribution < 1.29 is 4.79 Å². The highest BCUT2D eigenvalue weighted by atomic mass is 35.5. The molecule has 158 valence electrons. The van der Waals surface area contributed by atoms with Gasteiger partial charge in [-0.05, 0) is 75.7 Å². The number of benzene rings is 2. The number of nitrogens with zero attached hydrogens (tertiary/aromatic N) is 2. The molecule has 0 bridgehead atoms. The van der Waals surface area contributed by atoms with E-state index in [2.05, 4.69) is 16.3 Å². The second kappa shape index (κ2) is 8.92. The second-order valence-electron chi connectivity index (χ2n) is 8.18. The molecule has 2 aromatic carbocycles. The summed E-state index contributed by atoms with van der Waals surface area (Å²) in [5, 5.41) is 3.81. The van der Waals surface area contributed by atoms with Crippen molar-refractivity contribution in [1.29, 1.82) is 0 Å². The lowest BCUT2D eigenvalue weighted by molar-refractivity contribution is -0.121. The number of thiazole rings is 1. The van der Waals surface area contributed by atoms with E-state index in [0.717, 1.165) is 53.4 Å². The van der Waals surface area contributed by atoms with Gasteiger partial charge in [0.1, 0.15) is 0 Å². The summed E-state index contributed by atoms with van der Waals surface area (Å²) in [6.07, 6.45) is 1.68. The molecule has 1 aliphatic rings. The van der Waals surface area contributed by atoms with E-state index in [9.17, 15) is 9.59 Å². The van der Waals surface area contributed by atoms with Gasteiger partial charge in [-0.25, -0.2) is 0 Å². The Morgan fingerprint density at radius 2 is 1.97 bits per heavy atom. The van der Waals surface area contributed by atoms with Crippen molar-refractivity contribution in [3.8, 4) is 0 Å². The van der Waals surface area contributed by atoms with E-state index in [4.69, 9.17) is 11.6 Å². The van der Waals surface area contributed by atoms with E-state index in [1.54, 1.807) is 4.57 Å². The van der Waals surface area contributed by atoms with Crippen LogP contribution in [0.1, 0.15) is 38.3 Å². The molecule has 1 aromatic heterocycles. The summed E-state index contributed by atoms with van der Waals surface area (Å²) in [7, 11) is 0. The lowest BCUT2D eigenvalue weighted by atomic mass is 9.95. The molecule has 0 saturated carbocycles. The van der Waals surface area contributed by atoms with Gasteiger partial charge in [0.15, 0.2) is 0 Å². The van der Waals surface area contributed by atoms with Gasteiger partial charge in [0, 0.05) is 29.2 Å². The number of halogens is 1. The first-order valence-corrected chi connectivity index (χ1v) is 11.5. The number of hydrogen-bond acceptors (Lipinski definition) is 4. The maximum absolute atomic E-state index is 12.8. The standard InChI is InChI=1S/C23H26ClN3O2S/c1-15(2)27-20-7-6-19(13-21(20)30-23(27)29)25-22(28)17-8-10-26(11-9-17)14-16-4-3-5-18(24)12-16/h3-7,12-13,15,17H,8-11,14H2,1-2H3,(H,25,28). The Morgan fingerprint density at radius 1 is 1.20 bits per heavy atom. The van der Waals surface area contributed by atoms with Gasteiger partial charge in [-0.1, -0.05) is 35.1 Å². The fourth-order valence-corrected chi connectivity index (χ4v) is 5.36. The fraction of sp³-hybridized carbons (Fsp3) is 0.391. The van der Waals surface area contributed by atoms with Crippen molar-refractivity contribution in [2.45, 2.75) is 39.3 Å². The lowest BCUT2D eigenvalue weighted by Crippen LogP contribution is -2.37. The van der Waals surface area contributed by atoms with Crippen LogP contribution in [-0.4, -0.2) is 28.5 Å². The highest BCUT2D eigenvalue weighted by molar-refractivity contribution is 7.16. The highest BCUT2D eigenvalue weighted by Gasteiger charge is 2.25. The smallest absolute Gasteiger partial charge is 0.308 e. The molecule has 2 heterocycles. The maximum atomic E-state index is 12.8. The number of carbonyl (C=O) groups is 1. The topological polar surface area (TPSA) is 54.3 Å². The molecule has 0 unspecified atom stereocenters. The third kappa shape index (κ3) is 4.61. The largest absolute Gasteiger partial charge is 0.326 e. The Kier molecular flexibility index (Phi) is 6.27. The zero-order valence-corrected chi connectivity index (χ0v) is 18.8. The molecule has 3 aromatic rings. The molecule has 1 saturated heterocycles. The number of likely N-dealkylation sites (tertiary alicyclic amines) is 1. The summed E-state index contributed by atoms with van der Waals surface area (Å²) in [5.41, 5.74) is 2.88. The molecule has 1 fully saturated rings. The molecule has 0 aliphatic carbocycles. The van der Waals surface area contributed by atoms with Crippen molar-refractivity contribution in [3.63, 3.8) is 0 Å². The number of nitrogens with one attached hydrogen (secondary N) is 1. The van der Waals surface area contributed by atoms with Crippen molar-refractivity contribution in [3.05, 3.63) is 62.7 Å². The molecule has 0 spiro atoms. The third-order valence-electron chi connectivity index (χ3n) is 5.65. The number of amides is 1. The van der Waals surface area contributed by atoms with Crippen LogP contribution in [0, 0.1) is 5.92 Å². The minimum atomic E-state index is 0.00955. The summed E-state index contributed by atoms with van der Waals surface area (Å²) in [5.74, 6) is 0.0720. The van der Waals surface area contributed by atoms with Crippen LogP contribution in [-0.2, 0) is 11.3 Å². The summed E-state index contributed by atoms with van der Waals surface area (Å²) < 4.78 is 2.70. The van der Waals surface area contributed by atoms with Crippen LogP contribution in [0.25, 0.3) is 10.2 Å². The number of anilines is 1. The third-order valence-corrected chi connectivity index (χ3v) is 6.80. The number of hydrogen-bond donors (Lipinski definition) is 1. The normalized spacial score (nSPS) is 15.7. The van der Waals surface area contributed by atoms with Gasteiger partial charge in [-0.3, -0.25) is 19.1 Å². The van der Waals surface area contributed by atoms with Crippen LogP contribution in [0.4, 0.5) is 5.69 Å². The maximum Gasteiger partial charge on any atom is 0.308 e. The Bertz CT molecular complexity index is 1110. The number of aromatic nitrogens is 1. The molecule has 0 radical (unpaired) electrons. The van der Waals surface area contributed by atoms with Crippen LogP contribution < -0.4 is 10.2 Å². The number of piperidine rings is 1. The first kappa shape index (κ1) is 21.1. The zero-order chi connectivity index (χ0) is 21.3. The van der Waals surface area contributed by atoms with Crippen LogP contribution in [0.3, 0.4) is 0 Å². The predicted octanol–water partition coefficient (Wildman–Crippen LogP) is 5.15. The molecule has 30 heavy (non-hydrogen) atoms. The Morgan fingerprint density at radius 3 is 2.67 bits per heavy atom. The second-order valence-corrected chi connectivity index (χ2v) is 9.61. The average Bonchev–Trinajstić information content (AvgIpc) is 3.03. The fourth-order valence-electron chi connectivity index (χ4n) is 4.09. The molecular weight excluding hydrogens is 418 g/mol. The molecule has 1 aliphatic heterocycles. The van der Waals surface area contributed by atoms with Crippen molar-refractivity contribution in [1.82, 2.24) is 9.47 Å². The summed E-state index contributed by atoms with van der Waals surface area (Å²) in [4.78, 5) is 27.4. The summed E-state index contributed by atoms with van der Waals surface area (Å²) in [6, 6.07) is 13.8. The molecule has 1 amide bonds. The van der Waals surface area contributed by atoms with Gasteiger partial charge < -0.3 is 5.32 Å². The molecule has 4 rings (SSSR count). The van der Waals surface area contributed by atoms with E-state index < -0.39 is 0 Å². The summed E-state index contributed by atoms with van der Waals surface area (Å²) in [6.45, 7) is 6.65. The minimum absolute atomic E-state index is 0.00955. The van der Waals surface area contributed by atoms with Gasteiger partial charge in [0.25, 0.3) is 0 Å². The van der Waals surface area contributed by atoms with E-state index in [1.807, 2.05) is 50.2 Å². The molecule has 1 N–H and O–H groups in total. The zero-order valence-electron chi connectivity index (χ0n) is 17.2. The monoisotopic (exact) mass is 443 g/mol. The Balaban J connectivity index is 1.36. The van der Waals surface area contributed by atoms with Gasteiger partial charge in [0.05, 0.1) is 10.2 Å². The van der Waals surface area contributed by atoms with Crippen LogP contribution in [0.2, 0.25) is 5.02 Å². The molecule has 0 atom stereocenters. The average molecular weight is 444 g/mol. The van der Waals surface area contributed by atoms with Crippen LogP contribution in [0.5, 0.6) is 0 Å². The lowest BCUT2D eigenvalue weighted by Gasteiger charge is -2.31. The molecule has 7 heteroatoms. The Labute approximate surface area is 185 Å². The first-order valence-electron chi connectivity index (χ1n) is 10.3. The van der Waals surface area contributed by atoms with Crippen molar-refractivity contribution in [2.75, 3.05) is 18.4 Å². The molecular formula is C23H26ClN3O2S. The minimum Gasteiger partial charge on any atom is -0.326 e. The van der Waals surface area contributed by atoms with Gasteiger partial charge in [-0.15, -0.1) is 0 Å². The van der Waals surface area contributed by atoms with Gasteiger partial charge >= 0.3 is 4.87 Å². The first-order chi connectivity index (χ1) is 14.4. The summed E-state index contributed by atoms with van der Waals surface area (Å²) >= 11 is 7.30. The van der Waals surface area contributed by atoms with Crippen LogP contribution >= 0.6 is 22.9 Å². The number of rotatable bonds is 5. The number of fused-ring (bicyclic) bond motifs is 1. The van der Waals surface area contributed by atoms with Gasteiger partial charge in [-0.2, -0.15) is 0 Å². The molecule has 5 nitrogen and oxygen atoms in total. The Hall–Kier alpha value is -2.15. The van der Waals surface area contributed by atoms with Crippen LogP contribution in [0.15, 0.2) is 47.3 Å². The SMILES string of the molecule is CC(C)n1c(=O)sc2cc(NC(=O)C3CCN(Cc4cccc(Cl)c4)CC3)ccc21.